The van der Waals surface area contributed by atoms with Gasteiger partial charge in [-0.2, -0.15) is 0 Å². The molecule has 0 unspecified atom stereocenters. The van der Waals surface area contributed by atoms with Crippen molar-refractivity contribution >= 4 is 17.6 Å². The highest BCUT2D eigenvalue weighted by molar-refractivity contribution is 5.96. The Morgan fingerprint density at radius 3 is 2.56 bits per heavy atom. The lowest BCUT2D eigenvalue weighted by molar-refractivity contribution is -0.117. The molecule has 0 aromatic heterocycles. The molecule has 0 spiro atoms. The predicted molar refractivity (Wildman–Crippen MR) is 110 cm³/mol. The topological polar surface area (TPSA) is 64.7 Å². The Kier molecular flexibility index (Phi) is 8.10. The maximum atomic E-state index is 12.3. The van der Waals surface area contributed by atoms with Gasteiger partial charge in [0.15, 0.2) is 0 Å². The van der Waals surface area contributed by atoms with Crippen molar-refractivity contribution in [2.24, 2.45) is 0 Å². The molecule has 0 saturated carbocycles. The maximum Gasteiger partial charge on any atom is 0.315 e. The third-order valence-electron chi connectivity index (χ3n) is 5.19. The quantitative estimate of drug-likeness (QED) is 0.698. The van der Waals surface area contributed by atoms with Crippen LogP contribution in [-0.4, -0.2) is 55.1 Å². The minimum atomic E-state index is -0.186. The molecule has 0 radical (unpaired) electrons. The van der Waals surface area contributed by atoms with Crippen molar-refractivity contribution in [1.82, 2.24) is 15.5 Å². The average Bonchev–Trinajstić information content (AvgIpc) is 2.99. The summed E-state index contributed by atoms with van der Waals surface area (Å²) in [6.07, 6.45) is 2.35. The summed E-state index contributed by atoms with van der Waals surface area (Å²) in [7, 11) is 0. The van der Waals surface area contributed by atoms with E-state index in [1.807, 2.05) is 38.1 Å². The molecule has 2 N–H and O–H groups in total. The molecule has 2 rings (SSSR count). The van der Waals surface area contributed by atoms with E-state index in [4.69, 9.17) is 0 Å². The fraction of sp³-hybridized carbons (Fsp3) is 0.619. The van der Waals surface area contributed by atoms with Gasteiger partial charge in [-0.05, 0) is 58.5 Å². The molecule has 0 bridgehead atoms. The number of carbonyl (C=O) groups excluding carboxylic acids is 2. The molecule has 150 valence electrons. The van der Waals surface area contributed by atoms with Crippen LogP contribution >= 0.6 is 0 Å². The number of benzene rings is 1. The molecule has 6 heteroatoms. The third-order valence-corrected chi connectivity index (χ3v) is 5.19. The van der Waals surface area contributed by atoms with Crippen molar-refractivity contribution in [3.63, 3.8) is 0 Å². The second kappa shape index (κ2) is 10.3. The molecule has 3 amide bonds. The number of hydrogen-bond acceptors (Lipinski definition) is 3. The lowest BCUT2D eigenvalue weighted by Gasteiger charge is -2.21. The zero-order valence-electron chi connectivity index (χ0n) is 17.1. The molecule has 1 aromatic carbocycles. The lowest BCUT2D eigenvalue weighted by atomic mass is 10.2. The Hall–Kier alpha value is -2.08. The number of amides is 3. The van der Waals surface area contributed by atoms with Crippen molar-refractivity contribution in [1.29, 1.82) is 0 Å². The van der Waals surface area contributed by atoms with Gasteiger partial charge in [-0.25, -0.2) is 4.79 Å². The smallest absolute Gasteiger partial charge is 0.315 e. The first kappa shape index (κ1) is 21.2. The number of urea groups is 1. The van der Waals surface area contributed by atoms with Crippen LogP contribution in [0.4, 0.5) is 10.5 Å². The van der Waals surface area contributed by atoms with E-state index < -0.39 is 0 Å². The van der Waals surface area contributed by atoms with E-state index in [9.17, 15) is 9.59 Å². The van der Waals surface area contributed by atoms with Crippen LogP contribution in [0.25, 0.3) is 0 Å². The molecular weight excluding hydrogens is 340 g/mol. The van der Waals surface area contributed by atoms with Gasteiger partial charge in [-0.15, -0.1) is 0 Å². The van der Waals surface area contributed by atoms with Crippen LogP contribution in [0.15, 0.2) is 24.3 Å². The molecule has 27 heavy (non-hydrogen) atoms. The second-order valence-corrected chi connectivity index (χ2v) is 7.43. The van der Waals surface area contributed by atoms with Gasteiger partial charge in [-0.1, -0.05) is 31.5 Å². The van der Waals surface area contributed by atoms with Gasteiger partial charge in [0.05, 0.1) is 6.04 Å². The van der Waals surface area contributed by atoms with E-state index in [0.29, 0.717) is 13.0 Å². The minimum absolute atomic E-state index is 0.0522. The number of carbonyl (C=O) groups is 2. The molecule has 1 aromatic rings. The van der Waals surface area contributed by atoms with Crippen molar-refractivity contribution in [3.05, 3.63) is 29.8 Å². The zero-order chi connectivity index (χ0) is 19.8. The fourth-order valence-corrected chi connectivity index (χ4v) is 3.46. The highest BCUT2D eigenvalue weighted by Gasteiger charge is 2.31. The van der Waals surface area contributed by atoms with Gasteiger partial charge in [-0.3, -0.25) is 4.79 Å². The fourth-order valence-electron chi connectivity index (χ4n) is 3.46. The summed E-state index contributed by atoms with van der Waals surface area (Å²) in [6.45, 7) is 12.1. The third kappa shape index (κ3) is 6.54. The average molecular weight is 375 g/mol. The Balaban J connectivity index is 1.74. The predicted octanol–water partition coefficient (Wildman–Crippen LogP) is 2.91. The first-order valence-corrected chi connectivity index (χ1v) is 10.1. The summed E-state index contributed by atoms with van der Waals surface area (Å²) < 4.78 is 0. The van der Waals surface area contributed by atoms with Crippen LogP contribution in [0.1, 0.15) is 45.6 Å². The van der Waals surface area contributed by atoms with Gasteiger partial charge in [0.25, 0.3) is 0 Å². The highest BCUT2D eigenvalue weighted by atomic mass is 16.2. The van der Waals surface area contributed by atoms with E-state index >= 15 is 0 Å². The molecule has 1 heterocycles. The van der Waals surface area contributed by atoms with Gasteiger partial charge < -0.3 is 20.4 Å². The maximum absolute atomic E-state index is 12.3. The molecule has 1 saturated heterocycles. The summed E-state index contributed by atoms with van der Waals surface area (Å²) in [5.74, 6) is 0.0522. The van der Waals surface area contributed by atoms with E-state index in [-0.39, 0.29) is 24.0 Å². The van der Waals surface area contributed by atoms with E-state index in [1.54, 1.807) is 4.90 Å². The standard InChI is InChI=1S/C21H34N4O2/c1-5-24(6-2)13-7-8-17(4)22-21(27)23-18-14-20(26)25(15-18)19-11-9-16(3)10-12-19/h9-12,17-18H,5-8,13-15H2,1-4H3,(H2,22,23,27)/t17-,18-/m1/s1. The Morgan fingerprint density at radius 1 is 1.26 bits per heavy atom. The van der Waals surface area contributed by atoms with Crippen molar-refractivity contribution < 1.29 is 9.59 Å². The number of anilines is 1. The summed E-state index contributed by atoms with van der Waals surface area (Å²) in [5, 5.41) is 5.94. The number of nitrogens with one attached hydrogen (secondary N) is 2. The lowest BCUT2D eigenvalue weighted by Crippen LogP contribution is -2.46. The Bertz CT molecular complexity index is 613. The van der Waals surface area contributed by atoms with Gasteiger partial charge >= 0.3 is 6.03 Å². The molecule has 2 atom stereocenters. The van der Waals surface area contributed by atoms with Gasteiger partial charge in [0.2, 0.25) is 5.91 Å². The van der Waals surface area contributed by atoms with Crippen LogP contribution in [0.3, 0.4) is 0 Å². The first-order chi connectivity index (χ1) is 12.9. The SMILES string of the molecule is CCN(CC)CCC[C@@H](C)NC(=O)N[C@@H]1CC(=O)N(c2ccc(C)cc2)C1. The number of hydrogen-bond donors (Lipinski definition) is 2. The molecular formula is C21H34N4O2. The second-order valence-electron chi connectivity index (χ2n) is 7.43. The van der Waals surface area contributed by atoms with Crippen molar-refractivity contribution in [2.45, 2.75) is 59.0 Å². The van der Waals surface area contributed by atoms with Gasteiger partial charge in [0.1, 0.15) is 0 Å². The Labute approximate surface area is 163 Å². The molecule has 1 aliphatic heterocycles. The number of rotatable bonds is 9. The first-order valence-electron chi connectivity index (χ1n) is 10.1. The van der Waals surface area contributed by atoms with Crippen LogP contribution in [0.5, 0.6) is 0 Å². The van der Waals surface area contributed by atoms with E-state index in [0.717, 1.165) is 43.7 Å². The number of nitrogens with zero attached hydrogens (tertiary/aromatic N) is 2. The number of aryl methyl sites for hydroxylation is 1. The zero-order valence-corrected chi connectivity index (χ0v) is 17.1. The van der Waals surface area contributed by atoms with Crippen LogP contribution < -0.4 is 15.5 Å². The highest BCUT2D eigenvalue weighted by Crippen LogP contribution is 2.21. The Morgan fingerprint density at radius 2 is 1.93 bits per heavy atom. The largest absolute Gasteiger partial charge is 0.336 e. The summed E-state index contributed by atoms with van der Waals surface area (Å²) >= 11 is 0. The van der Waals surface area contributed by atoms with E-state index in [2.05, 4.69) is 29.4 Å². The molecule has 1 aliphatic rings. The van der Waals surface area contributed by atoms with Gasteiger partial charge in [0, 0.05) is 24.7 Å². The summed E-state index contributed by atoms with van der Waals surface area (Å²) in [6, 6.07) is 7.68. The van der Waals surface area contributed by atoms with Crippen molar-refractivity contribution in [3.8, 4) is 0 Å². The molecule has 1 fully saturated rings. The van der Waals surface area contributed by atoms with Crippen LogP contribution in [0, 0.1) is 6.92 Å². The minimum Gasteiger partial charge on any atom is -0.336 e. The van der Waals surface area contributed by atoms with Crippen LogP contribution in [0.2, 0.25) is 0 Å². The van der Waals surface area contributed by atoms with Crippen LogP contribution in [-0.2, 0) is 4.79 Å². The molecule has 0 aliphatic carbocycles. The molecule has 6 nitrogen and oxygen atoms in total. The summed E-state index contributed by atoms with van der Waals surface area (Å²) in [4.78, 5) is 28.7. The van der Waals surface area contributed by atoms with E-state index in [1.165, 1.54) is 0 Å². The normalized spacial score (nSPS) is 18.0. The summed E-state index contributed by atoms with van der Waals surface area (Å²) in [5.41, 5.74) is 2.05. The monoisotopic (exact) mass is 374 g/mol. The van der Waals surface area contributed by atoms with Crippen molar-refractivity contribution in [2.75, 3.05) is 31.1 Å².